The molecule has 1 unspecified atom stereocenters. The van der Waals surface area contributed by atoms with Crippen molar-refractivity contribution >= 4 is 10.9 Å². The predicted octanol–water partition coefficient (Wildman–Crippen LogP) is 3.44. The minimum Gasteiger partial charge on any atom is -0.491 e. The minimum atomic E-state index is -0.214. The van der Waals surface area contributed by atoms with Crippen molar-refractivity contribution in [2.45, 2.75) is 38.1 Å². The van der Waals surface area contributed by atoms with Gasteiger partial charge in [0.05, 0.1) is 18.3 Å². The number of ether oxygens (including phenoxy) is 1. The summed E-state index contributed by atoms with van der Waals surface area (Å²) in [5.74, 6) is 1.79. The fourth-order valence-electron chi connectivity index (χ4n) is 3.97. The quantitative estimate of drug-likeness (QED) is 0.877. The molecule has 2 aromatic rings. The van der Waals surface area contributed by atoms with Crippen LogP contribution in [0.1, 0.15) is 31.2 Å². The van der Waals surface area contributed by atoms with Gasteiger partial charge in [-0.25, -0.2) is 4.39 Å². The Morgan fingerprint density at radius 2 is 1.95 bits per heavy atom. The zero-order valence-corrected chi connectivity index (χ0v) is 12.6. The molecule has 0 saturated heterocycles. The number of hydrogen-bond donors (Lipinski definition) is 1. The van der Waals surface area contributed by atoms with E-state index in [0.29, 0.717) is 17.9 Å². The van der Waals surface area contributed by atoms with Crippen molar-refractivity contribution in [1.82, 2.24) is 4.98 Å². The Kier molecular flexibility index (Phi) is 3.49. The highest BCUT2D eigenvalue weighted by Crippen LogP contribution is 2.39. The largest absolute Gasteiger partial charge is 0.491 e. The lowest BCUT2D eigenvalue weighted by atomic mass is 9.75. The second-order valence-electron chi connectivity index (χ2n) is 6.71. The standard InChI is InChI=1S/C18H21FN2O/c19-13-3-6-17-15(8-13)16-7-12(10-22-18(16)9-21-17)11-1-4-14(20)5-2-11/h3,6,8-9,11-12,14H,1-2,4-5,7,10,20H2. The molecular weight excluding hydrogens is 279 g/mol. The van der Waals surface area contributed by atoms with Crippen molar-refractivity contribution in [3.8, 4) is 5.75 Å². The summed E-state index contributed by atoms with van der Waals surface area (Å²) < 4.78 is 19.6. The number of halogens is 1. The van der Waals surface area contributed by atoms with E-state index >= 15 is 0 Å². The van der Waals surface area contributed by atoms with Crippen LogP contribution in [0.3, 0.4) is 0 Å². The number of aromatic nitrogens is 1. The molecule has 0 amide bonds. The molecule has 0 radical (unpaired) electrons. The second-order valence-corrected chi connectivity index (χ2v) is 6.71. The van der Waals surface area contributed by atoms with Gasteiger partial charge < -0.3 is 10.5 Å². The molecule has 1 aliphatic heterocycles. The zero-order valence-electron chi connectivity index (χ0n) is 12.6. The molecular formula is C18H21FN2O. The van der Waals surface area contributed by atoms with E-state index in [0.717, 1.165) is 48.1 Å². The molecule has 4 heteroatoms. The number of rotatable bonds is 1. The molecule has 22 heavy (non-hydrogen) atoms. The Labute approximate surface area is 129 Å². The van der Waals surface area contributed by atoms with E-state index < -0.39 is 0 Å². The van der Waals surface area contributed by atoms with Crippen LogP contribution in [0.2, 0.25) is 0 Å². The van der Waals surface area contributed by atoms with E-state index in [1.165, 1.54) is 18.9 Å². The molecule has 1 atom stereocenters. The van der Waals surface area contributed by atoms with Crippen LogP contribution in [0.25, 0.3) is 10.9 Å². The van der Waals surface area contributed by atoms with Gasteiger partial charge in [0.2, 0.25) is 0 Å². The van der Waals surface area contributed by atoms with Gasteiger partial charge >= 0.3 is 0 Å². The fraction of sp³-hybridized carbons (Fsp3) is 0.500. The van der Waals surface area contributed by atoms with Gasteiger partial charge in [-0.3, -0.25) is 4.98 Å². The smallest absolute Gasteiger partial charge is 0.141 e. The lowest BCUT2D eigenvalue weighted by Crippen LogP contribution is -2.34. The molecule has 1 saturated carbocycles. The highest BCUT2D eigenvalue weighted by Gasteiger charge is 2.31. The monoisotopic (exact) mass is 300 g/mol. The lowest BCUT2D eigenvalue weighted by Gasteiger charge is -2.35. The number of benzene rings is 1. The summed E-state index contributed by atoms with van der Waals surface area (Å²) in [6.07, 6.45) is 7.32. The van der Waals surface area contributed by atoms with Gasteiger partial charge in [-0.15, -0.1) is 0 Å². The van der Waals surface area contributed by atoms with Crippen LogP contribution in [-0.2, 0) is 6.42 Å². The Morgan fingerprint density at radius 3 is 2.77 bits per heavy atom. The van der Waals surface area contributed by atoms with Crippen molar-refractivity contribution in [3.63, 3.8) is 0 Å². The van der Waals surface area contributed by atoms with Crippen molar-refractivity contribution in [3.05, 3.63) is 35.8 Å². The molecule has 1 aliphatic carbocycles. The van der Waals surface area contributed by atoms with Crippen LogP contribution in [0, 0.1) is 17.7 Å². The van der Waals surface area contributed by atoms with E-state index in [-0.39, 0.29) is 5.82 Å². The summed E-state index contributed by atoms with van der Waals surface area (Å²) in [6, 6.07) is 5.16. The normalized spacial score (nSPS) is 28.2. The summed E-state index contributed by atoms with van der Waals surface area (Å²) in [5, 5.41) is 0.898. The Hall–Kier alpha value is -1.68. The van der Waals surface area contributed by atoms with Gasteiger partial charge in [0.15, 0.2) is 0 Å². The maximum Gasteiger partial charge on any atom is 0.141 e. The first-order valence-corrected chi connectivity index (χ1v) is 8.16. The third-order valence-electron chi connectivity index (χ3n) is 5.30. The molecule has 3 nitrogen and oxygen atoms in total. The minimum absolute atomic E-state index is 0.214. The summed E-state index contributed by atoms with van der Waals surface area (Å²) in [4.78, 5) is 4.37. The number of nitrogens with zero attached hydrogens (tertiary/aromatic N) is 1. The average Bonchev–Trinajstić information content (AvgIpc) is 2.55. The summed E-state index contributed by atoms with van der Waals surface area (Å²) in [5.41, 5.74) is 7.98. The number of nitrogens with two attached hydrogens (primary N) is 1. The molecule has 2 aliphatic rings. The third-order valence-corrected chi connectivity index (χ3v) is 5.30. The van der Waals surface area contributed by atoms with Gasteiger partial charge in [0.1, 0.15) is 11.6 Å². The second kappa shape index (κ2) is 5.51. The van der Waals surface area contributed by atoms with E-state index in [4.69, 9.17) is 10.5 Å². The molecule has 1 aromatic heterocycles. The molecule has 2 N–H and O–H groups in total. The SMILES string of the molecule is NC1CCC(C2COc3cnc4ccc(F)cc4c3C2)CC1. The number of hydrogen-bond acceptors (Lipinski definition) is 3. The zero-order chi connectivity index (χ0) is 15.1. The van der Waals surface area contributed by atoms with E-state index in [9.17, 15) is 4.39 Å². The van der Waals surface area contributed by atoms with Crippen LogP contribution in [-0.4, -0.2) is 17.6 Å². The van der Waals surface area contributed by atoms with Gasteiger partial charge in [-0.05, 0) is 56.2 Å². The van der Waals surface area contributed by atoms with Gasteiger partial charge in [0, 0.05) is 22.9 Å². The first-order valence-electron chi connectivity index (χ1n) is 8.16. The van der Waals surface area contributed by atoms with Gasteiger partial charge in [-0.2, -0.15) is 0 Å². The van der Waals surface area contributed by atoms with Crippen LogP contribution in [0.5, 0.6) is 5.75 Å². The highest BCUT2D eigenvalue weighted by molar-refractivity contribution is 5.84. The molecule has 0 spiro atoms. The van der Waals surface area contributed by atoms with Crippen molar-refractivity contribution in [1.29, 1.82) is 0 Å². The first kappa shape index (κ1) is 13.9. The maximum atomic E-state index is 13.6. The van der Waals surface area contributed by atoms with Crippen molar-refractivity contribution in [2.75, 3.05) is 6.61 Å². The molecule has 0 bridgehead atoms. The number of pyridine rings is 1. The summed E-state index contributed by atoms with van der Waals surface area (Å²) in [6.45, 7) is 0.745. The molecule has 1 fully saturated rings. The molecule has 116 valence electrons. The summed E-state index contributed by atoms with van der Waals surface area (Å²) >= 11 is 0. The van der Waals surface area contributed by atoms with Crippen LogP contribution in [0.15, 0.2) is 24.4 Å². The maximum absolute atomic E-state index is 13.6. The van der Waals surface area contributed by atoms with E-state index in [1.54, 1.807) is 18.3 Å². The average molecular weight is 300 g/mol. The lowest BCUT2D eigenvalue weighted by molar-refractivity contribution is 0.139. The first-order chi connectivity index (χ1) is 10.7. The van der Waals surface area contributed by atoms with E-state index in [2.05, 4.69) is 4.98 Å². The van der Waals surface area contributed by atoms with E-state index in [1.807, 2.05) is 0 Å². The van der Waals surface area contributed by atoms with Crippen molar-refractivity contribution in [2.24, 2.45) is 17.6 Å². The Morgan fingerprint density at radius 1 is 1.14 bits per heavy atom. The Bertz CT molecular complexity index is 695. The molecule has 4 rings (SSSR count). The summed E-state index contributed by atoms with van der Waals surface area (Å²) in [7, 11) is 0. The number of fused-ring (bicyclic) bond motifs is 3. The molecule has 1 aromatic carbocycles. The van der Waals surface area contributed by atoms with Crippen LogP contribution >= 0.6 is 0 Å². The Balaban J connectivity index is 1.65. The third kappa shape index (κ3) is 2.45. The van der Waals surface area contributed by atoms with Crippen LogP contribution in [0.4, 0.5) is 4.39 Å². The van der Waals surface area contributed by atoms with Crippen molar-refractivity contribution < 1.29 is 9.13 Å². The van der Waals surface area contributed by atoms with Crippen LogP contribution < -0.4 is 10.5 Å². The van der Waals surface area contributed by atoms with Gasteiger partial charge in [-0.1, -0.05) is 0 Å². The molecule has 2 heterocycles. The fourth-order valence-corrected chi connectivity index (χ4v) is 3.97. The van der Waals surface area contributed by atoms with Gasteiger partial charge in [0.25, 0.3) is 0 Å². The highest BCUT2D eigenvalue weighted by atomic mass is 19.1. The topological polar surface area (TPSA) is 48.1 Å². The predicted molar refractivity (Wildman–Crippen MR) is 84.3 cm³/mol.